The number of hydrogen-bond donors (Lipinski definition) is 2. The van der Waals surface area contributed by atoms with Crippen molar-refractivity contribution in [2.45, 2.75) is 45.2 Å². The minimum atomic E-state index is 0.630. The molecule has 2 nitrogen and oxygen atoms in total. The molecule has 1 aliphatic rings. The molecule has 17 heavy (non-hydrogen) atoms. The lowest BCUT2D eigenvalue weighted by atomic mass is 10.0. The van der Waals surface area contributed by atoms with E-state index in [2.05, 4.69) is 36.5 Å². The van der Waals surface area contributed by atoms with E-state index in [0.717, 1.165) is 19.5 Å². The first-order chi connectivity index (χ1) is 8.33. The van der Waals surface area contributed by atoms with Crippen LogP contribution >= 0.6 is 0 Å². The van der Waals surface area contributed by atoms with Crippen molar-refractivity contribution in [1.82, 2.24) is 5.32 Å². The number of benzene rings is 1. The third-order valence-electron chi connectivity index (χ3n) is 3.96. The van der Waals surface area contributed by atoms with Crippen LogP contribution in [-0.2, 0) is 13.0 Å². The van der Waals surface area contributed by atoms with Crippen molar-refractivity contribution in [3.8, 4) is 0 Å². The van der Waals surface area contributed by atoms with Crippen LogP contribution in [0.5, 0.6) is 0 Å². The Morgan fingerprint density at radius 2 is 1.88 bits per heavy atom. The molecule has 1 aromatic carbocycles. The van der Waals surface area contributed by atoms with Crippen molar-refractivity contribution in [2.24, 2.45) is 11.7 Å². The Balaban J connectivity index is 1.84. The van der Waals surface area contributed by atoms with Crippen LogP contribution in [0.3, 0.4) is 0 Å². The number of nitrogens with one attached hydrogen (secondary N) is 1. The molecule has 1 aromatic rings. The fourth-order valence-electron chi connectivity index (χ4n) is 2.73. The van der Waals surface area contributed by atoms with E-state index in [1.54, 1.807) is 0 Å². The summed E-state index contributed by atoms with van der Waals surface area (Å²) in [5.74, 6) is 0.685. The molecule has 3 N–H and O–H groups in total. The molecular weight excluding hydrogens is 208 g/mol. The van der Waals surface area contributed by atoms with Gasteiger partial charge in [0.2, 0.25) is 0 Å². The summed E-state index contributed by atoms with van der Waals surface area (Å²) in [4.78, 5) is 0. The number of nitrogens with two attached hydrogens (primary N) is 1. The predicted octanol–water partition coefficient (Wildman–Crippen LogP) is 2.47. The van der Waals surface area contributed by atoms with Crippen LogP contribution in [0.2, 0.25) is 0 Å². The molecule has 0 bridgehead atoms. The highest BCUT2D eigenvalue weighted by atomic mass is 14.9. The summed E-state index contributed by atoms with van der Waals surface area (Å²) in [6.07, 6.45) is 5.03. The molecule has 0 aromatic heterocycles. The minimum Gasteiger partial charge on any atom is -0.330 e. The minimum absolute atomic E-state index is 0.630. The van der Waals surface area contributed by atoms with Crippen molar-refractivity contribution >= 4 is 0 Å². The molecule has 2 rings (SSSR count). The summed E-state index contributed by atoms with van der Waals surface area (Å²) < 4.78 is 0. The van der Waals surface area contributed by atoms with Crippen molar-refractivity contribution in [3.63, 3.8) is 0 Å². The van der Waals surface area contributed by atoms with Crippen molar-refractivity contribution in [1.29, 1.82) is 0 Å². The average Bonchev–Trinajstić information content (AvgIpc) is 2.84. The fraction of sp³-hybridized carbons (Fsp3) is 0.600. The topological polar surface area (TPSA) is 38.0 Å². The van der Waals surface area contributed by atoms with E-state index in [1.807, 2.05) is 0 Å². The van der Waals surface area contributed by atoms with E-state index >= 15 is 0 Å². The lowest BCUT2D eigenvalue weighted by Crippen LogP contribution is -2.35. The highest BCUT2D eigenvalue weighted by Gasteiger charge is 2.25. The monoisotopic (exact) mass is 232 g/mol. The molecule has 2 heteroatoms. The molecule has 1 aliphatic carbocycles. The van der Waals surface area contributed by atoms with Crippen LogP contribution in [-0.4, -0.2) is 12.6 Å². The van der Waals surface area contributed by atoms with Crippen LogP contribution < -0.4 is 11.1 Å². The van der Waals surface area contributed by atoms with Crippen molar-refractivity contribution in [3.05, 3.63) is 35.4 Å². The van der Waals surface area contributed by atoms with Crippen LogP contribution in [0.15, 0.2) is 24.3 Å². The second-order valence-electron chi connectivity index (χ2n) is 5.08. The van der Waals surface area contributed by atoms with Gasteiger partial charge < -0.3 is 11.1 Å². The molecule has 0 amide bonds. The highest BCUT2D eigenvalue weighted by Crippen LogP contribution is 2.24. The van der Waals surface area contributed by atoms with E-state index in [1.165, 1.54) is 30.4 Å². The lowest BCUT2D eigenvalue weighted by Gasteiger charge is -2.19. The molecule has 0 spiro atoms. The quantitative estimate of drug-likeness (QED) is 0.818. The number of rotatable bonds is 5. The molecule has 0 radical (unpaired) electrons. The molecule has 94 valence electrons. The average molecular weight is 232 g/mol. The molecule has 2 atom stereocenters. The van der Waals surface area contributed by atoms with Gasteiger partial charge in [-0.1, -0.05) is 37.6 Å². The summed E-state index contributed by atoms with van der Waals surface area (Å²) in [7, 11) is 0. The van der Waals surface area contributed by atoms with Gasteiger partial charge in [0, 0.05) is 12.6 Å². The van der Waals surface area contributed by atoms with Gasteiger partial charge in [-0.05, 0) is 42.9 Å². The van der Waals surface area contributed by atoms with E-state index < -0.39 is 0 Å². The Kier molecular flexibility index (Phi) is 4.57. The molecule has 0 heterocycles. The Hall–Kier alpha value is -0.860. The summed E-state index contributed by atoms with van der Waals surface area (Å²) in [6, 6.07) is 9.56. The van der Waals surface area contributed by atoms with Gasteiger partial charge in [0.05, 0.1) is 0 Å². The number of hydrogen-bond acceptors (Lipinski definition) is 2. The second kappa shape index (κ2) is 6.18. The Morgan fingerprint density at radius 3 is 2.53 bits per heavy atom. The van der Waals surface area contributed by atoms with E-state index in [-0.39, 0.29) is 0 Å². The molecule has 2 unspecified atom stereocenters. The van der Waals surface area contributed by atoms with E-state index in [0.29, 0.717) is 12.0 Å². The Labute approximate surface area is 105 Å². The van der Waals surface area contributed by atoms with Gasteiger partial charge in [0.25, 0.3) is 0 Å². The molecule has 0 saturated heterocycles. The fourth-order valence-corrected chi connectivity index (χ4v) is 2.73. The first kappa shape index (κ1) is 12.6. The SMILES string of the molecule is CCc1ccc(CNC2CCCC2CN)cc1. The van der Waals surface area contributed by atoms with Crippen LogP contribution in [0.4, 0.5) is 0 Å². The van der Waals surface area contributed by atoms with Gasteiger partial charge in [0.15, 0.2) is 0 Å². The van der Waals surface area contributed by atoms with Crippen LogP contribution in [0.1, 0.15) is 37.3 Å². The van der Waals surface area contributed by atoms with Gasteiger partial charge >= 0.3 is 0 Å². The van der Waals surface area contributed by atoms with Gasteiger partial charge in [-0.15, -0.1) is 0 Å². The Morgan fingerprint density at radius 1 is 1.18 bits per heavy atom. The molecule has 1 fully saturated rings. The van der Waals surface area contributed by atoms with Gasteiger partial charge in [-0.2, -0.15) is 0 Å². The maximum atomic E-state index is 5.79. The molecule has 1 saturated carbocycles. The smallest absolute Gasteiger partial charge is 0.0208 e. The summed E-state index contributed by atoms with van der Waals surface area (Å²) in [5.41, 5.74) is 8.58. The molecular formula is C15H24N2. The van der Waals surface area contributed by atoms with Gasteiger partial charge in [-0.3, -0.25) is 0 Å². The van der Waals surface area contributed by atoms with Crippen molar-refractivity contribution < 1.29 is 0 Å². The van der Waals surface area contributed by atoms with Crippen LogP contribution in [0, 0.1) is 5.92 Å². The zero-order valence-electron chi connectivity index (χ0n) is 10.8. The lowest BCUT2D eigenvalue weighted by molar-refractivity contribution is 0.406. The zero-order chi connectivity index (χ0) is 12.1. The largest absolute Gasteiger partial charge is 0.330 e. The third-order valence-corrected chi connectivity index (χ3v) is 3.96. The van der Waals surface area contributed by atoms with Crippen LogP contribution in [0.25, 0.3) is 0 Å². The summed E-state index contributed by atoms with van der Waals surface area (Å²) >= 11 is 0. The summed E-state index contributed by atoms with van der Waals surface area (Å²) in [6.45, 7) is 4.00. The second-order valence-corrected chi connectivity index (χ2v) is 5.08. The molecule has 0 aliphatic heterocycles. The van der Waals surface area contributed by atoms with E-state index in [9.17, 15) is 0 Å². The maximum absolute atomic E-state index is 5.79. The van der Waals surface area contributed by atoms with Gasteiger partial charge in [-0.25, -0.2) is 0 Å². The zero-order valence-corrected chi connectivity index (χ0v) is 10.8. The van der Waals surface area contributed by atoms with Gasteiger partial charge in [0.1, 0.15) is 0 Å². The predicted molar refractivity (Wildman–Crippen MR) is 72.8 cm³/mol. The number of aryl methyl sites for hydroxylation is 1. The standard InChI is InChI=1S/C15H24N2/c1-2-12-6-8-13(9-7-12)11-17-15-5-3-4-14(15)10-16/h6-9,14-15,17H,2-5,10-11,16H2,1H3. The first-order valence-electron chi connectivity index (χ1n) is 6.84. The maximum Gasteiger partial charge on any atom is 0.0208 e. The Bertz CT molecular complexity index is 331. The third kappa shape index (κ3) is 3.30. The normalized spacial score (nSPS) is 24.1. The van der Waals surface area contributed by atoms with Crippen molar-refractivity contribution in [2.75, 3.05) is 6.54 Å². The first-order valence-corrected chi connectivity index (χ1v) is 6.84. The highest BCUT2D eigenvalue weighted by molar-refractivity contribution is 5.22. The van der Waals surface area contributed by atoms with E-state index in [4.69, 9.17) is 5.73 Å². The summed E-state index contributed by atoms with van der Waals surface area (Å²) in [5, 5.41) is 3.66.